The van der Waals surface area contributed by atoms with Crippen molar-refractivity contribution in [3.05, 3.63) is 205 Å². The van der Waals surface area contributed by atoms with Gasteiger partial charge in [0.25, 0.3) is 0 Å². The third-order valence-electron chi connectivity index (χ3n) is 10.5. The predicted molar refractivity (Wildman–Crippen MR) is 231 cm³/mol. The Hall–Kier alpha value is -7.43. The number of benzene rings is 9. The fraction of sp³-hybridized carbons (Fsp3) is 0. The number of hydrogen-bond acceptors (Lipinski definition) is 2. The van der Waals surface area contributed by atoms with Crippen LogP contribution in [0.3, 0.4) is 0 Å². The molecule has 10 aromatic rings. The summed E-state index contributed by atoms with van der Waals surface area (Å²) < 4.78 is 6.50. The van der Waals surface area contributed by atoms with Gasteiger partial charge in [0, 0.05) is 33.7 Å². The summed E-state index contributed by atoms with van der Waals surface area (Å²) in [6.07, 6.45) is 1.85. The molecule has 0 amide bonds. The Kier molecular flexibility index (Phi) is 7.93. The topological polar surface area (TPSA) is 61.7 Å². The minimum Gasteiger partial charge on any atom is -0.456 e. The second-order valence-electron chi connectivity index (χ2n) is 13.7. The van der Waals surface area contributed by atoms with E-state index in [1.165, 1.54) is 32.3 Å². The molecule has 0 bridgehead atoms. The average Bonchev–Trinajstić information content (AvgIpc) is 3.65. The van der Waals surface area contributed by atoms with E-state index in [4.69, 9.17) is 19.8 Å². The van der Waals surface area contributed by atoms with Crippen molar-refractivity contribution in [3.8, 4) is 22.3 Å². The lowest BCUT2D eigenvalue weighted by Gasteiger charge is -2.12. The van der Waals surface area contributed by atoms with Gasteiger partial charge < -0.3 is 4.42 Å². The lowest BCUT2D eigenvalue weighted by atomic mass is 9.91. The molecule has 0 radical (unpaired) electrons. The number of amidine groups is 2. The summed E-state index contributed by atoms with van der Waals surface area (Å²) in [6, 6.07) is 64.5. The molecular weight excluding hydrogens is 671 g/mol. The highest BCUT2D eigenvalue weighted by Gasteiger charge is 2.17. The molecule has 258 valence electrons. The van der Waals surface area contributed by atoms with Crippen LogP contribution in [-0.2, 0) is 0 Å². The molecular formula is C51H33N3O. The zero-order valence-corrected chi connectivity index (χ0v) is 29.8. The van der Waals surface area contributed by atoms with Crippen LogP contribution in [0.5, 0.6) is 0 Å². The molecule has 55 heavy (non-hydrogen) atoms. The molecule has 0 fully saturated rings. The molecule has 0 atom stereocenters. The average molecular weight is 704 g/mol. The molecule has 0 unspecified atom stereocenters. The predicted octanol–water partition coefficient (Wildman–Crippen LogP) is 13.3. The van der Waals surface area contributed by atoms with E-state index in [1.807, 2.05) is 97.2 Å². The van der Waals surface area contributed by atoms with Gasteiger partial charge in [-0.1, -0.05) is 170 Å². The fourth-order valence-corrected chi connectivity index (χ4v) is 7.82. The maximum absolute atomic E-state index is 8.98. The Morgan fingerprint density at radius 2 is 0.982 bits per heavy atom. The fourth-order valence-electron chi connectivity index (χ4n) is 7.82. The standard InChI is InChI=1S/C51H33N3O/c52-50(35-27-25-34(26-28-35)33-13-3-1-4-14-33)54-51(36-15-5-2-6-16-36)53-32-38-17-11-23-46-48(38)49-39(22-12-24-47(49)55-46)37-29-30-44-42-20-8-7-18-40(42)41-19-9-10-21-43(41)45(44)31-37/h1-32,52H/b52-50?,53-32+,54-51-. The molecule has 1 N–H and O–H groups in total. The van der Waals surface area contributed by atoms with Gasteiger partial charge in [0.05, 0.1) is 0 Å². The van der Waals surface area contributed by atoms with Crippen molar-refractivity contribution in [3.63, 3.8) is 0 Å². The normalized spacial score (nSPS) is 12.1. The third kappa shape index (κ3) is 5.77. The zero-order valence-electron chi connectivity index (χ0n) is 29.8. The van der Waals surface area contributed by atoms with Crippen LogP contribution >= 0.6 is 0 Å². The Labute approximate surface area is 317 Å². The van der Waals surface area contributed by atoms with Crippen LogP contribution in [-0.4, -0.2) is 17.9 Å². The molecule has 4 heteroatoms. The van der Waals surface area contributed by atoms with Crippen molar-refractivity contribution in [1.29, 1.82) is 5.41 Å². The van der Waals surface area contributed by atoms with Crippen LogP contribution in [0.1, 0.15) is 16.7 Å². The van der Waals surface area contributed by atoms with Gasteiger partial charge in [0.1, 0.15) is 11.2 Å². The second-order valence-corrected chi connectivity index (χ2v) is 13.7. The smallest absolute Gasteiger partial charge is 0.161 e. The third-order valence-corrected chi connectivity index (χ3v) is 10.5. The molecule has 1 heterocycles. The van der Waals surface area contributed by atoms with E-state index in [2.05, 4.69) is 97.1 Å². The number of hydrogen-bond donors (Lipinski definition) is 1. The highest BCUT2D eigenvalue weighted by molar-refractivity contribution is 6.26. The van der Waals surface area contributed by atoms with E-state index in [0.717, 1.165) is 55.3 Å². The van der Waals surface area contributed by atoms with Crippen LogP contribution in [0, 0.1) is 5.41 Å². The number of aliphatic imine (C=N–C) groups is 2. The number of fused-ring (bicyclic) bond motifs is 9. The molecule has 4 nitrogen and oxygen atoms in total. The van der Waals surface area contributed by atoms with Gasteiger partial charge in [0.15, 0.2) is 11.7 Å². The van der Waals surface area contributed by atoms with Gasteiger partial charge in [0.2, 0.25) is 0 Å². The summed E-state index contributed by atoms with van der Waals surface area (Å²) >= 11 is 0. The number of nitrogens with one attached hydrogen (secondary N) is 1. The summed E-state index contributed by atoms with van der Waals surface area (Å²) in [5.41, 5.74) is 8.47. The summed E-state index contributed by atoms with van der Waals surface area (Å²) in [4.78, 5) is 9.76. The lowest BCUT2D eigenvalue weighted by Crippen LogP contribution is -2.04. The van der Waals surface area contributed by atoms with Crippen LogP contribution in [0.25, 0.3) is 76.5 Å². The number of furan rings is 1. The van der Waals surface area contributed by atoms with Gasteiger partial charge in [-0.25, -0.2) is 9.98 Å². The van der Waals surface area contributed by atoms with Gasteiger partial charge in [-0.3, -0.25) is 5.41 Å². The van der Waals surface area contributed by atoms with Crippen LogP contribution < -0.4 is 0 Å². The van der Waals surface area contributed by atoms with Crippen LogP contribution in [0.2, 0.25) is 0 Å². The second kappa shape index (κ2) is 13.5. The first-order valence-corrected chi connectivity index (χ1v) is 18.4. The highest BCUT2D eigenvalue weighted by atomic mass is 16.3. The van der Waals surface area contributed by atoms with Gasteiger partial charge >= 0.3 is 0 Å². The van der Waals surface area contributed by atoms with Gasteiger partial charge in [-0.2, -0.15) is 0 Å². The van der Waals surface area contributed by atoms with Crippen molar-refractivity contribution < 1.29 is 4.42 Å². The highest BCUT2D eigenvalue weighted by Crippen LogP contribution is 2.41. The molecule has 9 aromatic carbocycles. The summed E-state index contributed by atoms with van der Waals surface area (Å²) in [5.74, 6) is 0.595. The first kappa shape index (κ1) is 32.2. The Morgan fingerprint density at radius 3 is 1.67 bits per heavy atom. The van der Waals surface area contributed by atoms with E-state index < -0.39 is 0 Å². The SMILES string of the molecule is N=C(/N=C(\N=C\c1cccc2oc3cccc(-c4ccc5c6ccccc6c6ccccc6c5c4)c3c12)c1ccccc1)c1ccc(-c2ccccc2)cc1. The van der Waals surface area contributed by atoms with E-state index in [-0.39, 0.29) is 5.84 Å². The number of rotatable bonds is 5. The molecule has 0 aliphatic heterocycles. The molecule has 1 aromatic heterocycles. The largest absolute Gasteiger partial charge is 0.456 e. The maximum atomic E-state index is 8.98. The van der Waals surface area contributed by atoms with Crippen molar-refractivity contribution in [2.45, 2.75) is 0 Å². The Morgan fingerprint density at radius 1 is 0.436 bits per heavy atom. The Bertz CT molecular complexity index is 3100. The monoisotopic (exact) mass is 703 g/mol. The molecule has 0 aliphatic rings. The molecule has 0 aliphatic carbocycles. The molecule has 0 saturated heterocycles. The van der Waals surface area contributed by atoms with Crippen molar-refractivity contribution in [1.82, 2.24) is 0 Å². The van der Waals surface area contributed by atoms with Crippen LogP contribution in [0.4, 0.5) is 0 Å². The summed E-state index contributed by atoms with van der Waals surface area (Å²) in [7, 11) is 0. The van der Waals surface area contributed by atoms with Gasteiger partial charge in [-0.05, 0) is 72.8 Å². The quantitative estimate of drug-likeness (QED) is 0.108. The van der Waals surface area contributed by atoms with E-state index in [1.54, 1.807) is 0 Å². The Balaban J connectivity index is 1.09. The molecule has 10 rings (SSSR count). The minimum absolute atomic E-state index is 0.140. The molecule has 0 spiro atoms. The van der Waals surface area contributed by atoms with Crippen LogP contribution in [0.15, 0.2) is 202 Å². The lowest BCUT2D eigenvalue weighted by molar-refractivity contribution is 0.669. The first-order valence-electron chi connectivity index (χ1n) is 18.4. The first-order chi connectivity index (χ1) is 27.2. The van der Waals surface area contributed by atoms with Crippen molar-refractivity contribution >= 4 is 72.1 Å². The van der Waals surface area contributed by atoms with E-state index >= 15 is 0 Å². The van der Waals surface area contributed by atoms with E-state index in [0.29, 0.717) is 11.4 Å². The summed E-state index contributed by atoms with van der Waals surface area (Å²) in [5, 5.41) is 18.5. The zero-order chi connectivity index (χ0) is 36.7. The number of nitrogens with zero attached hydrogens (tertiary/aromatic N) is 2. The van der Waals surface area contributed by atoms with Crippen molar-refractivity contribution in [2.24, 2.45) is 9.98 Å². The van der Waals surface area contributed by atoms with E-state index in [9.17, 15) is 0 Å². The minimum atomic E-state index is 0.140. The van der Waals surface area contributed by atoms with Crippen molar-refractivity contribution in [2.75, 3.05) is 0 Å². The maximum Gasteiger partial charge on any atom is 0.161 e. The molecule has 0 saturated carbocycles. The summed E-state index contributed by atoms with van der Waals surface area (Å²) in [6.45, 7) is 0. The van der Waals surface area contributed by atoms with Gasteiger partial charge in [-0.15, -0.1) is 0 Å².